The second-order valence-corrected chi connectivity index (χ2v) is 34.4. The Hall–Kier alpha value is -17.8. The van der Waals surface area contributed by atoms with E-state index in [1.807, 2.05) is 115 Å². The second-order valence-electron chi connectivity index (χ2n) is 34.4. The normalized spacial score (nSPS) is 10.1. The molecular weight excluding hydrogens is 1770 g/mol. The molecule has 0 heterocycles. The summed E-state index contributed by atoms with van der Waals surface area (Å²) in [6.45, 7) is 37.2. The molecule has 18 aromatic carbocycles. The van der Waals surface area contributed by atoms with Gasteiger partial charge in [-0.2, -0.15) is 0 Å². The van der Waals surface area contributed by atoms with Crippen LogP contribution in [-0.4, -0.2) is 56.2 Å². The molecule has 0 atom stereocenters. The molecule has 0 amide bonds. The third-order valence-corrected chi connectivity index (χ3v) is 23.8. The van der Waals surface area contributed by atoms with Crippen LogP contribution in [0.2, 0.25) is 0 Å². The third kappa shape index (κ3) is 31.9. The van der Waals surface area contributed by atoms with E-state index < -0.39 is 0 Å². The molecule has 18 aromatic rings. The lowest BCUT2D eigenvalue weighted by molar-refractivity contribution is 0.463. The summed E-state index contributed by atoms with van der Waals surface area (Å²) in [7, 11) is 0. The average Bonchev–Trinajstić information content (AvgIpc) is 0.798. The van der Waals surface area contributed by atoms with Crippen molar-refractivity contribution in [3.63, 3.8) is 0 Å². The van der Waals surface area contributed by atoms with Gasteiger partial charge in [0, 0.05) is 27.8 Å². The number of hydrogen-bond donors (Lipinski definition) is 11. The Morgan fingerprint density at radius 1 is 0.167 bits per heavy atom. The minimum Gasteiger partial charge on any atom is -0.508 e. The van der Waals surface area contributed by atoms with E-state index in [2.05, 4.69) is 252 Å². The summed E-state index contributed by atoms with van der Waals surface area (Å²) in [6, 6.07) is 127. The summed E-state index contributed by atoms with van der Waals surface area (Å²) >= 11 is 0. The van der Waals surface area contributed by atoms with E-state index in [9.17, 15) is 40.9 Å². The lowest BCUT2D eigenvalue weighted by atomic mass is 9.93. The van der Waals surface area contributed by atoms with E-state index in [0.717, 1.165) is 73.2 Å². The molecule has 0 unspecified atom stereocenters. The van der Waals surface area contributed by atoms with Crippen molar-refractivity contribution in [2.24, 2.45) is 0 Å². The molecule has 0 spiro atoms. The van der Waals surface area contributed by atoms with Gasteiger partial charge in [0.2, 0.25) is 0 Å². The Kier molecular flexibility index (Phi) is 41.9. The molecule has 18 rings (SSSR count). The molecule has 0 aliphatic carbocycles. The number of phenolic OH excluding ortho intramolecular Hbond substituents is 11. The first-order valence-electron chi connectivity index (χ1n) is 47.6. The number of benzene rings is 18. The fourth-order valence-corrected chi connectivity index (χ4v) is 15.8. The van der Waals surface area contributed by atoms with Gasteiger partial charge in [-0.25, -0.2) is 0 Å². The zero-order chi connectivity index (χ0) is 103. The highest BCUT2D eigenvalue weighted by Crippen LogP contribution is 2.42. The first kappa shape index (κ1) is 108. The van der Waals surface area contributed by atoms with Gasteiger partial charge in [0.25, 0.3) is 0 Å². The Morgan fingerprint density at radius 2 is 0.396 bits per heavy atom. The van der Waals surface area contributed by atoms with Crippen LogP contribution in [0, 0.1) is 48.5 Å². The van der Waals surface area contributed by atoms with Crippen molar-refractivity contribution in [2.45, 2.75) is 87.0 Å². The summed E-state index contributed by atoms with van der Waals surface area (Å²) in [6.07, 6.45) is 14.7. The molecule has 0 fully saturated rings. The molecule has 0 saturated heterocycles. The molecule has 0 bridgehead atoms. The van der Waals surface area contributed by atoms with E-state index in [-0.39, 0.29) is 57.5 Å². The number of aryl methyl sites for hydroxylation is 6. The molecule has 0 aromatic heterocycles. The predicted molar refractivity (Wildman–Crippen MR) is 602 cm³/mol. The number of allylic oxidation sites excluding steroid dienone is 6. The van der Waals surface area contributed by atoms with Crippen LogP contribution >= 0.6 is 0 Å². The van der Waals surface area contributed by atoms with Gasteiger partial charge in [-0.05, 0) is 306 Å². The molecule has 144 heavy (non-hydrogen) atoms. The number of phenols is 11. The summed E-state index contributed by atoms with van der Waals surface area (Å²) in [5.74, 6) is 2.60. The van der Waals surface area contributed by atoms with Gasteiger partial charge in [-0.3, -0.25) is 0 Å². The average molecular weight is 1900 g/mol. The predicted octanol–water partition coefficient (Wildman–Crippen LogP) is 33.5. The van der Waals surface area contributed by atoms with E-state index in [4.69, 9.17) is 15.3 Å². The molecule has 11 N–H and O–H groups in total. The smallest absolute Gasteiger partial charge is 0.127 e. The third-order valence-electron chi connectivity index (χ3n) is 23.8. The maximum atomic E-state index is 10.3. The largest absolute Gasteiger partial charge is 0.508 e. The minimum atomic E-state index is 0.175. The summed E-state index contributed by atoms with van der Waals surface area (Å²) in [5.41, 5.74) is 33.1. The Bertz CT molecular complexity index is 6660. The molecule has 11 nitrogen and oxygen atoms in total. The van der Waals surface area contributed by atoms with Crippen LogP contribution in [0.25, 0.3) is 100 Å². The molecule has 0 aliphatic rings. The highest BCUT2D eigenvalue weighted by atomic mass is 16.3. The van der Waals surface area contributed by atoms with Gasteiger partial charge in [0.05, 0.1) is 0 Å². The van der Waals surface area contributed by atoms with Crippen LogP contribution in [-0.2, 0) is 38.5 Å². The summed E-state index contributed by atoms with van der Waals surface area (Å²) < 4.78 is 0. The molecular formula is C133H128O11. The molecule has 726 valence electrons. The fraction of sp³-hybridized carbons (Fsp3) is 0.0977. The Balaban J connectivity index is 0.000000167. The van der Waals surface area contributed by atoms with Crippen molar-refractivity contribution >= 4 is 0 Å². The summed E-state index contributed by atoms with van der Waals surface area (Å²) in [4.78, 5) is 0. The van der Waals surface area contributed by atoms with Gasteiger partial charge in [0.15, 0.2) is 0 Å². The van der Waals surface area contributed by atoms with Crippen molar-refractivity contribution in [3.8, 4) is 163 Å². The number of hydrogen-bond acceptors (Lipinski definition) is 11. The van der Waals surface area contributed by atoms with Gasteiger partial charge in [0.1, 0.15) is 63.2 Å². The number of para-hydroxylation sites is 5. The maximum Gasteiger partial charge on any atom is 0.127 e. The molecule has 0 aliphatic heterocycles. The van der Waals surface area contributed by atoms with Crippen LogP contribution < -0.4 is 0 Å². The topological polar surface area (TPSA) is 223 Å². The highest BCUT2D eigenvalue weighted by molar-refractivity contribution is 5.80. The highest BCUT2D eigenvalue weighted by Gasteiger charge is 2.17. The summed E-state index contributed by atoms with van der Waals surface area (Å²) in [5, 5.41) is 106. The van der Waals surface area contributed by atoms with Gasteiger partial charge < -0.3 is 56.2 Å². The van der Waals surface area contributed by atoms with Crippen molar-refractivity contribution in [1.82, 2.24) is 0 Å². The van der Waals surface area contributed by atoms with Crippen LogP contribution in [0.4, 0.5) is 0 Å². The van der Waals surface area contributed by atoms with Gasteiger partial charge >= 0.3 is 0 Å². The van der Waals surface area contributed by atoms with Crippen molar-refractivity contribution in [1.29, 1.82) is 0 Å². The van der Waals surface area contributed by atoms with Crippen molar-refractivity contribution in [3.05, 3.63) is 549 Å². The Labute approximate surface area is 849 Å². The zero-order valence-corrected chi connectivity index (χ0v) is 83.0. The maximum absolute atomic E-state index is 10.3. The number of rotatable bonds is 21. The van der Waals surface area contributed by atoms with Gasteiger partial charge in [-0.1, -0.05) is 363 Å². The van der Waals surface area contributed by atoms with Crippen molar-refractivity contribution in [2.75, 3.05) is 0 Å². The van der Waals surface area contributed by atoms with Crippen LogP contribution in [0.3, 0.4) is 0 Å². The van der Waals surface area contributed by atoms with Gasteiger partial charge in [-0.15, -0.1) is 39.5 Å². The molecule has 11 heteroatoms. The monoisotopic (exact) mass is 1900 g/mol. The van der Waals surface area contributed by atoms with E-state index >= 15 is 0 Å². The lowest BCUT2D eigenvalue weighted by Gasteiger charge is -2.12. The quantitative estimate of drug-likeness (QED) is 0.0304. The van der Waals surface area contributed by atoms with E-state index in [0.29, 0.717) is 60.1 Å². The first-order valence-corrected chi connectivity index (χ1v) is 47.6. The van der Waals surface area contributed by atoms with Crippen LogP contribution in [0.5, 0.6) is 63.2 Å². The lowest BCUT2D eigenvalue weighted by Crippen LogP contribution is -1.92. The van der Waals surface area contributed by atoms with E-state index in [1.165, 1.54) is 83.5 Å². The first-order chi connectivity index (χ1) is 69.6. The Morgan fingerprint density at radius 3 is 0.722 bits per heavy atom. The SMILES string of the molecule is C=CCc1cc(-c2ccc(O)c(CC=C)c2)ccc1O.C=CCc1cc(-c2cccc(CC=C)c2C)ccc1O.C=CCc1cccc(-c2cccc(CC=C)c2O)c1O.Cc1ccc(-c2ccc(C)cc2)cc1.Cc1ccc(-c2ccccc2C)cc1.Cc1ccccc1-c1ccccc1C.Oc1ccc(-c2ccc(O)cc2)cc1.Oc1ccc(-c2ccccc2O)cc1.Oc1ccccc1-c1ccccc1O. The number of aromatic hydroxyl groups is 11. The van der Waals surface area contributed by atoms with Crippen LogP contribution in [0.15, 0.2) is 476 Å². The minimum absolute atomic E-state index is 0.175. The molecule has 0 radical (unpaired) electrons. The van der Waals surface area contributed by atoms with Crippen molar-refractivity contribution < 1.29 is 56.2 Å². The zero-order valence-electron chi connectivity index (χ0n) is 83.0. The standard InChI is InChI=1S/C19H20O.2C18H18O2.3C14H14.3C12H10O2/c1-4-7-15-9-6-10-18(14(15)3)16-11-12-19(20)17(13-16)8-5-2;1-3-7-13-9-5-11-15(17(13)19)16-12-6-10-14(8-4-2)18(16)20;1-3-5-15-11-13(7-9-17(15)19)14-8-10-18(20)16(12-14)6-4-2;1-11-3-7-13(8-4-11)14-9-5-12(2)6-10-14;1-11-7-3-5-9-13(11)14-10-6-4-8-12(14)2;1-11-7-9-13(10-8-11)14-6-4-3-5-12(14)2;13-11-5-1-9(2-6-11)10-3-7-12(14)8-4-10;13-11-7-3-1-5-9(11)10-6-2-4-8-12(10)14;13-10-7-5-9(6-8-10)11-3-1-2-4-12(11)14/h4-6,9-13,20H,1-2,7-8H2,3H3;3-6,9-12,19-20H,1-2,7-8H2;3-4,7-12,19-20H,1-2,5-6H2;3*3-10H,1-2H3;3*1-8,13-14H. The van der Waals surface area contributed by atoms with Crippen LogP contribution in [0.1, 0.15) is 72.3 Å². The second kappa shape index (κ2) is 55.7. The molecule has 0 saturated carbocycles. The fourth-order valence-electron chi connectivity index (χ4n) is 15.8. The van der Waals surface area contributed by atoms with E-state index in [1.54, 1.807) is 158 Å².